The predicted molar refractivity (Wildman–Crippen MR) is 66.8 cm³/mol. The third kappa shape index (κ3) is 2.38. The van der Waals surface area contributed by atoms with Gasteiger partial charge in [0.1, 0.15) is 0 Å². The summed E-state index contributed by atoms with van der Waals surface area (Å²) < 4.78 is 12.0. The molecule has 2 aliphatic heterocycles. The van der Waals surface area contributed by atoms with E-state index in [1.807, 2.05) is 0 Å². The van der Waals surface area contributed by atoms with Crippen molar-refractivity contribution in [3.05, 3.63) is 0 Å². The molecule has 0 spiro atoms. The van der Waals surface area contributed by atoms with Crippen molar-refractivity contribution in [2.75, 3.05) is 6.61 Å². The molecule has 2 saturated heterocycles. The van der Waals surface area contributed by atoms with E-state index in [-0.39, 0.29) is 11.1 Å². The molecule has 3 atom stereocenters. The van der Waals surface area contributed by atoms with Crippen LogP contribution in [0.4, 0.5) is 0 Å². The SMILES string of the molecule is CC1(C)CCC(CC2(N)CCOC2C2CC2)O1. The van der Waals surface area contributed by atoms with E-state index in [2.05, 4.69) is 13.8 Å². The van der Waals surface area contributed by atoms with Crippen molar-refractivity contribution in [2.24, 2.45) is 11.7 Å². The summed E-state index contributed by atoms with van der Waals surface area (Å²) >= 11 is 0. The minimum Gasteiger partial charge on any atom is -0.376 e. The van der Waals surface area contributed by atoms with Crippen molar-refractivity contribution < 1.29 is 9.47 Å². The minimum absolute atomic E-state index is 0.0512. The van der Waals surface area contributed by atoms with E-state index in [1.165, 1.54) is 12.8 Å². The van der Waals surface area contributed by atoms with Gasteiger partial charge in [0.15, 0.2) is 0 Å². The van der Waals surface area contributed by atoms with Crippen molar-refractivity contribution in [1.29, 1.82) is 0 Å². The van der Waals surface area contributed by atoms with Gasteiger partial charge in [-0.2, -0.15) is 0 Å². The van der Waals surface area contributed by atoms with Gasteiger partial charge in [-0.05, 0) is 58.3 Å². The zero-order valence-electron chi connectivity index (χ0n) is 11.1. The van der Waals surface area contributed by atoms with Crippen LogP contribution in [0.15, 0.2) is 0 Å². The summed E-state index contributed by atoms with van der Waals surface area (Å²) in [4.78, 5) is 0. The lowest BCUT2D eigenvalue weighted by molar-refractivity contribution is -0.0356. The Labute approximate surface area is 104 Å². The highest BCUT2D eigenvalue weighted by Gasteiger charge is 2.50. The Balaban J connectivity index is 1.63. The number of ether oxygens (including phenoxy) is 2. The zero-order valence-corrected chi connectivity index (χ0v) is 11.1. The molecule has 2 heterocycles. The molecule has 98 valence electrons. The molecule has 3 unspecified atom stereocenters. The number of hydrogen-bond acceptors (Lipinski definition) is 3. The van der Waals surface area contributed by atoms with E-state index < -0.39 is 0 Å². The summed E-state index contributed by atoms with van der Waals surface area (Å²) in [6.07, 6.45) is 7.56. The van der Waals surface area contributed by atoms with E-state index in [0.29, 0.717) is 12.2 Å². The summed E-state index contributed by atoms with van der Waals surface area (Å²) in [6.45, 7) is 5.20. The molecule has 3 fully saturated rings. The summed E-state index contributed by atoms with van der Waals surface area (Å²) in [6, 6.07) is 0. The average Bonchev–Trinajstić information content (AvgIpc) is 2.92. The summed E-state index contributed by atoms with van der Waals surface area (Å²) in [5.41, 5.74) is 6.54. The number of rotatable bonds is 3. The number of hydrogen-bond donors (Lipinski definition) is 1. The monoisotopic (exact) mass is 239 g/mol. The van der Waals surface area contributed by atoms with Crippen LogP contribution in [0.25, 0.3) is 0 Å². The van der Waals surface area contributed by atoms with Crippen LogP contribution in [0, 0.1) is 5.92 Å². The lowest BCUT2D eigenvalue weighted by atomic mass is 9.83. The Kier molecular flexibility index (Phi) is 2.77. The molecule has 3 rings (SSSR count). The Morgan fingerprint density at radius 1 is 1.18 bits per heavy atom. The van der Waals surface area contributed by atoms with Gasteiger partial charge in [0.05, 0.1) is 17.8 Å². The summed E-state index contributed by atoms with van der Waals surface area (Å²) in [5, 5.41) is 0. The Hall–Kier alpha value is -0.120. The van der Waals surface area contributed by atoms with Crippen molar-refractivity contribution in [3.63, 3.8) is 0 Å². The van der Waals surface area contributed by atoms with Gasteiger partial charge < -0.3 is 15.2 Å². The van der Waals surface area contributed by atoms with Gasteiger partial charge in [0, 0.05) is 12.1 Å². The van der Waals surface area contributed by atoms with Crippen LogP contribution in [0.2, 0.25) is 0 Å². The van der Waals surface area contributed by atoms with Gasteiger partial charge in [-0.1, -0.05) is 0 Å². The largest absolute Gasteiger partial charge is 0.376 e. The molecular formula is C14H25NO2. The van der Waals surface area contributed by atoms with E-state index in [0.717, 1.165) is 38.2 Å². The fraction of sp³-hybridized carbons (Fsp3) is 1.00. The smallest absolute Gasteiger partial charge is 0.0784 e. The third-order valence-electron chi connectivity index (χ3n) is 4.64. The highest BCUT2D eigenvalue weighted by atomic mass is 16.5. The molecular weight excluding hydrogens is 214 g/mol. The number of nitrogens with two attached hydrogens (primary N) is 1. The molecule has 0 aromatic heterocycles. The molecule has 3 heteroatoms. The molecule has 0 bridgehead atoms. The molecule has 17 heavy (non-hydrogen) atoms. The Morgan fingerprint density at radius 2 is 1.94 bits per heavy atom. The predicted octanol–water partition coefficient (Wildman–Crippen LogP) is 2.23. The van der Waals surface area contributed by atoms with Crippen LogP contribution in [-0.2, 0) is 9.47 Å². The maximum absolute atomic E-state index is 6.61. The van der Waals surface area contributed by atoms with Crippen molar-refractivity contribution in [3.8, 4) is 0 Å². The Morgan fingerprint density at radius 3 is 2.53 bits per heavy atom. The topological polar surface area (TPSA) is 44.5 Å². The highest BCUT2D eigenvalue weighted by Crippen LogP contribution is 2.45. The average molecular weight is 239 g/mol. The summed E-state index contributed by atoms with van der Waals surface area (Å²) in [7, 11) is 0. The van der Waals surface area contributed by atoms with E-state index in [9.17, 15) is 0 Å². The maximum Gasteiger partial charge on any atom is 0.0784 e. The first-order chi connectivity index (χ1) is 7.99. The normalized spacial score (nSPS) is 45.4. The molecule has 1 saturated carbocycles. The van der Waals surface area contributed by atoms with Crippen molar-refractivity contribution >= 4 is 0 Å². The van der Waals surface area contributed by atoms with Gasteiger partial charge in [0.2, 0.25) is 0 Å². The second-order valence-electron chi connectivity index (χ2n) is 6.85. The van der Waals surface area contributed by atoms with Crippen LogP contribution < -0.4 is 5.73 Å². The summed E-state index contributed by atoms with van der Waals surface area (Å²) in [5.74, 6) is 0.733. The van der Waals surface area contributed by atoms with Crippen LogP contribution in [-0.4, -0.2) is 30.0 Å². The van der Waals surface area contributed by atoms with Crippen LogP contribution in [0.5, 0.6) is 0 Å². The third-order valence-corrected chi connectivity index (χ3v) is 4.64. The van der Waals surface area contributed by atoms with Crippen molar-refractivity contribution in [2.45, 2.75) is 75.7 Å². The first kappa shape index (κ1) is 11.9. The van der Waals surface area contributed by atoms with E-state index >= 15 is 0 Å². The minimum atomic E-state index is -0.119. The molecule has 3 nitrogen and oxygen atoms in total. The van der Waals surface area contributed by atoms with Crippen molar-refractivity contribution in [1.82, 2.24) is 0 Å². The van der Waals surface area contributed by atoms with Gasteiger partial charge in [0.25, 0.3) is 0 Å². The van der Waals surface area contributed by atoms with Crippen LogP contribution in [0.1, 0.15) is 52.4 Å². The first-order valence-electron chi connectivity index (χ1n) is 7.07. The molecule has 0 aromatic carbocycles. The second kappa shape index (κ2) is 3.94. The molecule has 0 radical (unpaired) electrons. The van der Waals surface area contributed by atoms with E-state index in [4.69, 9.17) is 15.2 Å². The highest BCUT2D eigenvalue weighted by molar-refractivity contribution is 5.05. The quantitative estimate of drug-likeness (QED) is 0.821. The first-order valence-corrected chi connectivity index (χ1v) is 7.07. The zero-order chi connectivity index (χ0) is 12.1. The van der Waals surface area contributed by atoms with Crippen LogP contribution in [0.3, 0.4) is 0 Å². The van der Waals surface area contributed by atoms with Gasteiger partial charge in [-0.3, -0.25) is 0 Å². The van der Waals surface area contributed by atoms with Gasteiger partial charge in [-0.25, -0.2) is 0 Å². The molecule has 3 aliphatic rings. The van der Waals surface area contributed by atoms with Crippen LogP contribution >= 0.6 is 0 Å². The molecule has 0 aromatic rings. The maximum atomic E-state index is 6.61. The lowest BCUT2D eigenvalue weighted by Crippen LogP contribution is -2.50. The van der Waals surface area contributed by atoms with Gasteiger partial charge >= 0.3 is 0 Å². The fourth-order valence-electron chi connectivity index (χ4n) is 3.55. The van der Waals surface area contributed by atoms with Gasteiger partial charge in [-0.15, -0.1) is 0 Å². The Bertz CT molecular complexity index is 301. The molecule has 2 N–H and O–H groups in total. The van der Waals surface area contributed by atoms with E-state index in [1.54, 1.807) is 0 Å². The standard InChI is InChI=1S/C14H25NO2/c1-13(2)6-5-11(17-13)9-14(15)7-8-16-12(14)10-3-4-10/h10-12H,3-9,15H2,1-2H3. The second-order valence-corrected chi connectivity index (χ2v) is 6.85. The molecule has 0 amide bonds. The molecule has 1 aliphatic carbocycles. The lowest BCUT2D eigenvalue weighted by Gasteiger charge is -2.33. The fourth-order valence-corrected chi connectivity index (χ4v) is 3.55.